The molecule has 1 aromatic carbocycles. The van der Waals surface area contributed by atoms with Crippen molar-refractivity contribution in [2.75, 3.05) is 37.7 Å². The molecule has 0 bridgehead atoms. The van der Waals surface area contributed by atoms with Crippen molar-refractivity contribution in [3.05, 3.63) is 24.3 Å². The van der Waals surface area contributed by atoms with Gasteiger partial charge in [-0.25, -0.2) is 0 Å². The lowest BCUT2D eigenvalue weighted by Crippen LogP contribution is -2.38. The normalized spacial score (nSPS) is 24.0. The van der Waals surface area contributed by atoms with Crippen LogP contribution in [0.25, 0.3) is 0 Å². The third-order valence-corrected chi connectivity index (χ3v) is 3.91. The summed E-state index contributed by atoms with van der Waals surface area (Å²) in [4.78, 5) is 2.51. The molecule has 0 spiro atoms. The number of para-hydroxylation sites is 2. The molecule has 0 amide bonds. The van der Waals surface area contributed by atoms with E-state index in [4.69, 9.17) is 4.74 Å². The van der Waals surface area contributed by atoms with E-state index >= 15 is 0 Å². The molecule has 18 heavy (non-hydrogen) atoms. The highest BCUT2D eigenvalue weighted by Crippen LogP contribution is 2.31. The second kappa shape index (κ2) is 5.61. The molecular formula is C15H22N2O. The first-order chi connectivity index (χ1) is 8.93. The summed E-state index contributed by atoms with van der Waals surface area (Å²) in [6.45, 7) is 5.48. The van der Waals surface area contributed by atoms with Gasteiger partial charge < -0.3 is 15.0 Å². The molecule has 2 aliphatic heterocycles. The summed E-state index contributed by atoms with van der Waals surface area (Å²) in [7, 11) is 0. The number of benzene rings is 1. The van der Waals surface area contributed by atoms with Crippen molar-refractivity contribution in [3.63, 3.8) is 0 Å². The molecule has 3 nitrogen and oxygen atoms in total. The van der Waals surface area contributed by atoms with Gasteiger partial charge in [-0.15, -0.1) is 0 Å². The van der Waals surface area contributed by atoms with Gasteiger partial charge in [0.05, 0.1) is 12.3 Å². The standard InChI is InChI=1S/C15H22N2O/c1-2-7-15-14(6-1)17(9-4-10-18-15)12-13-5-3-8-16-11-13/h1-2,6-7,13,16H,3-5,8-12H2. The van der Waals surface area contributed by atoms with Crippen molar-refractivity contribution >= 4 is 5.69 Å². The number of piperidine rings is 1. The number of anilines is 1. The summed E-state index contributed by atoms with van der Waals surface area (Å²) in [5, 5.41) is 3.51. The molecule has 3 rings (SSSR count). The smallest absolute Gasteiger partial charge is 0.142 e. The average Bonchev–Trinajstić information content (AvgIpc) is 2.63. The van der Waals surface area contributed by atoms with Crippen LogP contribution in [0.3, 0.4) is 0 Å². The monoisotopic (exact) mass is 246 g/mol. The van der Waals surface area contributed by atoms with E-state index in [1.165, 1.54) is 31.6 Å². The Hall–Kier alpha value is -1.22. The van der Waals surface area contributed by atoms with E-state index in [9.17, 15) is 0 Å². The molecule has 0 aromatic heterocycles. The molecule has 3 heteroatoms. The maximum absolute atomic E-state index is 5.81. The van der Waals surface area contributed by atoms with Gasteiger partial charge in [0.2, 0.25) is 0 Å². The van der Waals surface area contributed by atoms with Crippen molar-refractivity contribution in [3.8, 4) is 5.75 Å². The number of nitrogens with one attached hydrogen (secondary N) is 1. The molecule has 1 fully saturated rings. The van der Waals surface area contributed by atoms with Crippen molar-refractivity contribution in [1.82, 2.24) is 5.32 Å². The van der Waals surface area contributed by atoms with E-state index in [0.29, 0.717) is 0 Å². The number of fused-ring (bicyclic) bond motifs is 1. The minimum absolute atomic E-state index is 0.782. The number of nitrogens with zero attached hydrogens (tertiary/aromatic N) is 1. The highest BCUT2D eigenvalue weighted by Gasteiger charge is 2.20. The zero-order valence-electron chi connectivity index (χ0n) is 10.9. The first-order valence-electron chi connectivity index (χ1n) is 7.11. The minimum atomic E-state index is 0.782. The number of ether oxygens (including phenoxy) is 1. The summed E-state index contributed by atoms with van der Waals surface area (Å²) < 4.78 is 5.81. The molecule has 0 radical (unpaired) electrons. The zero-order valence-corrected chi connectivity index (χ0v) is 10.9. The molecule has 98 valence electrons. The van der Waals surface area contributed by atoms with Gasteiger partial charge in [0.1, 0.15) is 5.75 Å². The van der Waals surface area contributed by atoms with E-state index in [-0.39, 0.29) is 0 Å². The Morgan fingerprint density at radius 3 is 3.11 bits per heavy atom. The van der Waals surface area contributed by atoms with Crippen molar-refractivity contribution < 1.29 is 4.74 Å². The van der Waals surface area contributed by atoms with Crippen LogP contribution in [0.4, 0.5) is 5.69 Å². The van der Waals surface area contributed by atoms with Crippen LogP contribution in [0.5, 0.6) is 5.75 Å². The van der Waals surface area contributed by atoms with E-state index in [2.05, 4.69) is 34.5 Å². The SMILES string of the molecule is c1ccc2c(c1)OCCCN2CC1CCCNC1. The maximum atomic E-state index is 5.81. The lowest BCUT2D eigenvalue weighted by Gasteiger charge is -2.31. The molecular weight excluding hydrogens is 224 g/mol. The molecule has 1 saturated heterocycles. The van der Waals surface area contributed by atoms with Crippen LogP contribution in [0.15, 0.2) is 24.3 Å². The van der Waals surface area contributed by atoms with Gasteiger partial charge in [-0.1, -0.05) is 12.1 Å². The van der Waals surface area contributed by atoms with Crippen LogP contribution in [-0.2, 0) is 0 Å². The van der Waals surface area contributed by atoms with E-state index in [0.717, 1.165) is 37.8 Å². The first-order valence-corrected chi connectivity index (χ1v) is 7.11. The van der Waals surface area contributed by atoms with E-state index < -0.39 is 0 Å². The Morgan fingerprint density at radius 1 is 1.28 bits per heavy atom. The predicted molar refractivity (Wildman–Crippen MR) is 74.4 cm³/mol. The quantitative estimate of drug-likeness (QED) is 0.866. The molecule has 2 aliphatic rings. The maximum Gasteiger partial charge on any atom is 0.142 e. The lowest BCUT2D eigenvalue weighted by molar-refractivity contribution is 0.321. The summed E-state index contributed by atoms with van der Waals surface area (Å²) in [5.41, 5.74) is 1.28. The Balaban J connectivity index is 1.74. The van der Waals surface area contributed by atoms with Gasteiger partial charge in [-0.2, -0.15) is 0 Å². The zero-order chi connectivity index (χ0) is 12.2. The molecule has 2 heterocycles. The van der Waals surface area contributed by atoms with Crippen LogP contribution in [0.1, 0.15) is 19.3 Å². The lowest BCUT2D eigenvalue weighted by atomic mass is 9.98. The topological polar surface area (TPSA) is 24.5 Å². The van der Waals surface area contributed by atoms with E-state index in [1.54, 1.807) is 0 Å². The number of hydrogen-bond donors (Lipinski definition) is 1. The molecule has 0 saturated carbocycles. The Kier molecular flexibility index (Phi) is 3.69. The fourth-order valence-corrected chi connectivity index (χ4v) is 2.98. The van der Waals surface area contributed by atoms with Crippen LogP contribution in [0, 0.1) is 5.92 Å². The number of rotatable bonds is 2. The molecule has 0 aliphatic carbocycles. The van der Waals surface area contributed by atoms with Gasteiger partial charge in [-0.05, 0) is 50.4 Å². The Labute approximate surface area is 109 Å². The van der Waals surface area contributed by atoms with Gasteiger partial charge in [0, 0.05) is 13.1 Å². The van der Waals surface area contributed by atoms with Gasteiger partial charge >= 0.3 is 0 Å². The third kappa shape index (κ3) is 2.61. The summed E-state index contributed by atoms with van der Waals surface area (Å²) in [5.74, 6) is 1.84. The van der Waals surface area contributed by atoms with Crippen molar-refractivity contribution in [2.24, 2.45) is 5.92 Å². The second-order valence-corrected chi connectivity index (χ2v) is 5.33. The first kappa shape index (κ1) is 11.8. The van der Waals surface area contributed by atoms with Gasteiger partial charge in [0.15, 0.2) is 0 Å². The second-order valence-electron chi connectivity index (χ2n) is 5.33. The largest absolute Gasteiger partial charge is 0.491 e. The minimum Gasteiger partial charge on any atom is -0.491 e. The fraction of sp³-hybridized carbons (Fsp3) is 0.600. The molecule has 1 atom stereocenters. The summed E-state index contributed by atoms with van der Waals surface area (Å²) in [6.07, 6.45) is 3.79. The Bertz CT molecular complexity index is 388. The Morgan fingerprint density at radius 2 is 2.22 bits per heavy atom. The van der Waals surface area contributed by atoms with Gasteiger partial charge in [-0.3, -0.25) is 0 Å². The summed E-state index contributed by atoms with van der Waals surface area (Å²) >= 11 is 0. The molecule has 1 aromatic rings. The third-order valence-electron chi connectivity index (χ3n) is 3.91. The number of hydrogen-bond acceptors (Lipinski definition) is 3. The molecule has 1 N–H and O–H groups in total. The van der Waals surface area contributed by atoms with Crippen LogP contribution >= 0.6 is 0 Å². The van der Waals surface area contributed by atoms with Gasteiger partial charge in [0.25, 0.3) is 0 Å². The van der Waals surface area contributed by atoms with Crippen molar-refractivity contribution in [2.45, 2.75) is 19.3 Å². The highest BCUT2D eigenvalue weighted by atomic mass is 16.5. The summed E-state index contributed by atoms with van der Waals surface area (Å²) in [6, 6.07) is 8.45. The van der Waals surface area contributed by atoms with E-state index in [1.807, 2.05) is 0 Å². The van der Waals surface area contributed by atoms with Crippen LogP contribution in [0.2, 0.25) is 0 Å². The average molecular weight is 246 g/mol. The van der Waals surface area contributed by atoms with Crippen molar-refractivity contribution in [1.29, 1.82) is 0 Å². The predicted octanol–water partition coefficient (Wildman–Crippen LogP) is 2.28. The molecule has 1 unspecified atom stereocenters. The fourth-order valence-electron chi connectivity index (χ4n) is 2.98. The highest BCUT2D eigenvalue weighted by molar-refractivity contribution is 5.58. The van der Waals surface area contributed by atoms with Crippen LogP contribution in [-0.4, -0.2) is 32.8 Å². The van der Waals surface area contributed by atoms with Crippen LogP contribution < -0.4 is 15.0 Å².